The highest BCUT2D eigenvalue weighted by molar-refractivity contribution is 9.10. The number of alkyl halides is 3. The summed E-state index contributed by atoms with van der Waals surface area (Å²) in [6.07, 6.45) is -1.43. The Morgan fingerprint density at radius 3 is 2.38 bits per heavy atom. The van der Waals surface area contributed by atoms with Gasteiger partial charge in [-0.25, -0.2) is 0 Å². The molecule has 0 aliphatic rings. The van der Waals surface area contributed by atoms with Gasteiger partial charge in [0.15, 0.2) is 0 Å². The first-order valence-corrected chi connectivity index (χ1v) is 8.25. The molecule has 0 unspecified atom stereocenters. The van der Waals surface area contributed by atoms with Crippen LogP contribution in [0.1, 0.15) is 26.3 Å². The zero-order chi connectivity index (χ0) is 19.3. The number of hydrogen-bond donors (Lipinski definition) is 1. The molecule has 0 saturated heterocycles. The number of carbonyl (C=O) groups excluding carboxylic acids is 2. The molecule has 0 saturated carbocycles. The van der Waals surface area contributed by atoms with E-state index in [0.717, 1.165) is 5.56 Å². The third-order valence-corrected chi connectivity index (χ3v) is 3.82. The molecule has 0 radical (unpaired) electrons. The number of pyridine rings is 1. The van der Waals surface area contributed by atoms with Gasteiger partial charge in [-0.15, -0.1) is 0 Å². The summed E-state index contributed by atoms with van der Waals surface area (Å²) in [5.74, 6) is -1.04. The zero-order valence-corrected chi connectivity index (χ0v) is 15.3. The molecule has 26 heavy (non-hydrogen) atoms. The van der Waals surface area contributed by atoms with Gasteiger partial charge in [-0.2, -0.15) is 13.2 Å². The number of hydrogen-bond acceptors (Lipinski definition) is 3. The molecule has 2 rings (SSSR count). The summed E-state index contributed by atoms with van der Waals surface area (Å²) >= 11 is 3.25. The average Bonchev–Trinajstić information content (AvgIpc) is 2.59. The van der Waals surface area contributed by atoms with E-state index in [1.54, 1.807) is 36.8 Å². The molecule has 2 aromatic rings. The van der Waals surface area contributed by atoms with Crippen molar-refractivity contribution < 1.29 is 22.8 Å². The number of nitrogens with one attached hydrogen (secondary N) is 1. The zero-order valence-electron chi connectivity index (χ0n) is 13.7. The molecule has 9 heteroatoms. The van der Waals surface area contributed by atoms with Crippen molar-refractivity contribution >= 4 is 27.7 Å². The Labute approximate surface area is 156 Å². The van der Waals surface area contributed by atoms with E-state index in [2.05, 4.69) is 20.9 Å². The second-order valence-electron chi connectivity index (χ2n) is 5.55. The van der Waals surface area contributed by atoms with E-state index in [1.807, 2.05) is 0 Å². The van der Waals surface area contributed by atoms with Gasteiger partial charge in [0.2, 0.25) is 0 Å². The van der Waals surface area contributed by atoms with Crippen molar-refractivity contribution in [1.82, 2.24) is 15.2 Å². The SMILES string of the molecule is CN(Cc1ccc(C(=O)NCC(F)(F)F)cc1)C(=O)c1cncc(Br)c1. The molecule has 1 aromatic heterocycles. The van der Waals surface area contributed by atoms with Crippen LogP contribution in [0.3, 0.4) is 0 Å². The second kappa shape index (κ2) is 8.31. The number of rotatable bonds is 5. The van der Waals surface area contributed by atoms with E-state index in [-0.39, 0.29) is 18.0 Å². The average molecular weight is 430 g/mol. The fourth-order valence-corrected chi connectivity index (χ4v) is 2.50. The fourth-order valence-electron chi connectivity index (χ4n) is 2.14. The molecule has 0 bridgehead atoms. The first-order chi connectivity index (χ1) is 12.2. The molecule has 0 aliphatic carbocycles. The maximum absolute atomic E-state index is 12.4. The summed E-state index contributed by atoms with van der Waals surface area (Å²) in [4.78, 5) is 29.4. The monoisotopic (exact) mass is 429 g/mol. The molecular weight excluding hydrogens is 415 g/mol. The van der Waals surface area contributed by atoms with Gasteiger partial charge >= 0.3 is 6.18 Å². The van der Waals surface area contributed by atoms with Crippen molar-refractivity contribution in [3.63, 3.8) is 0 Å². The number of amides is 2. The predicted octanol–water partition coefficient (Wildman–Crippen LogP) is 3.41. The molecule has 2 amide bonds. The highest BCUT2D eigenvalue weighted by Crippen LogP contribution is 2.15. The van der Waals surface area contributed by atoms with Gasteiger partial charge in [-0.1, -0.05) is 12.1 Å². The number of carbonyl (C=O) groups is 2. The number of halogens is 4. The van der Waals surface area contributed by atoms with Crippen molar-refractivity contribution in [2.45, 2.75) is 12.7 Å². The molecule has 1 heterocycles. The Hall–Kier alpha value is -2.42. The predicted molar refractivity (Wildman–Crippen MR) is 92.6 cm³/mol. The van der Waals surface area contributed by atoms with Crippen LogP contribution in [0.4, 0.5) is 13.2 Å². The summed E-state index contributed by atoms with van der Waals surface area (Å²) in [6, 6.07) is 7.66. The van der Waals surface area contributed by atoms with Crippen LogP contribution in [-0.4, -0.2) is 41.5 Å². The van der Waals surface area contributed by atoms with Gasteiger partial charge in [-0.3, -0.25) is 14.6 Å². The molecule has 138 valence electrons. The Morgan fingerprint density at radius 1 is 1.15 bits per heavy atom. The lowest BCUT2D eigenvalue weighted by Gasteiger charge is -2.17. The molecule has 0 fully saturated rings. The Bertz CT molecular complexity index is 795. The highest BCUT2D eigenvalue weighted by atomic mass is 79.9. The smallest absolute Gasteiger partial charge is 0.343 e. The summed E-state index contributed by atoms with van der Waals surface area (Å²) in [5, 5.41) is 1.80. The second-order valence-corrected chi connectivity index (χ2v) is 6.46. The lowest BCUT2D eigenvalue weighted by molar-refractivity contribution is -0.123. The normalized spacial score (nSPS) is 11.1. The fraction of sp³-hybridized carbons (Fsp3) is 0.235. The molecule has 5 nitrogen and oxygen atoms in total. The van der Waals surface area contributed by atoms with Crippen LogP contribution in [-0.2, 0) is 6.54 Å². The van der Waals surface area contributed by atoms with Gasteiger partial charge < -0.3 is 10.2 Å². The van der Waals surface area contributed by atoms with Crippen LogP contribution in [0.15, 0.2) is 47.2 Å². The minimum atomic E-state index is -4.46. The molecule has 0 spiro atoms. The highest BCUT2D eigenvalue weighted by Gasteiger charge is 2.27. The molecule has 1 aromatic carbocycles. The van der Waals surface area contributed by atoms with Crippen LogP contribution in [0.5, 0.6) is 0 Å². The largest absolute Gasteiger partial charge is 0.405 e. The Morgan fingerprint density at radius 2 is 1.81 bits per heavy atom. The van der Waals surface area contributed by atoms with Gasteiger partial charge in [0.25, 0.3) is 11.8 Å². The van der Waals surface area contributed by atoms with Crippen molar-refractivity contribution in [2.75, 3.05) is 13.6 Å². The van der Waals surface area contributed by atoms with Crippen molar-refractivity contribution in [3.05, 3.63) is 63.9 Å². The third kappa shape index (κ3) is 5.83. The van der Waals surface area contributed by atoms with E-state index in [1.165, 1.54) is 23.2 Å². The van der Waals surface area contributed by atoms with E-state index < -0.39 is 18.6 Å². The number of nitrogens with zero attached hydrogens (tertiary/aromatic N) is 2. The maximum atomic E-state index is 12.4. The summed E-state index contributed by atoms with van der Waals surface area (Å²) < 4.78 is 37.0. The van der Waals surface area contributed by atoms with E-state index >= 15 is 0 Å². The number of aromatic nitrogens is 1. The van der Waals surface area contributed by atoms with Crippen LogP contribution in [0, 0.1) is 0 Å². The Balaban J connectivity index is 1.98. The molecular formula is C17H15BrF3N3O2. The Kier molecular flexibility index (Phi) is 6.36. The minimum Gasteiger partial charge on any atom is -0.343 e. The first kappa shape index (κ1) is 19.9. The lowest BCUT2D eigenvalue weighted by atomic mass is 10.1. The topological polar surface area (TPSA) is 62.3 Å². The van der Waals surface area contributed by atoms with Gasteiger partial charge in [-0.05, 0) is 39.7 Å². The summed E-state index contributed by atoms with van der Waals surface area (Å²) in [6.45, 7) is -1.11. The third-order valence-electron chi connectivity index (χ3n) is 3.38. The van der Waals surface area contributed by atoms with Crippen LogP contribution in [0.25, 0.3) is 0 Å². The minimum absolute atomic E-state index is 0.114. The van der Waals surface area contributed by atoms with Crippen LogP contribution >= 0.6 is 15.9 Å². The standard InChI is InChI=1S/C17H15BrF3N3O2/c1-24(16(26)13-6-14(18)8-22-7-13)9-11-2-4-12(5-3-11)15(25)23-10-17(19,20)21/h2-8H,9-10H2,1H3,(H,23,25). The summed E-state index contributed by atoms with van der Waals surface area (Å²) in [5.41, 5.74) is 1.27. The first-order valence-electron chi connectivity index (χ1n) is 7.45. The molecule has 1 N–H and O–H groups in total. The van der Waals surface area contributed by atoms with E-state index in [0.29, 0.717) is 10.0 Å². The van der Waals surface area contributed by atoms with Crippen molar-refractivity contribution in [2.24, 2.45) is 0 Å². The van der Waals surface area contributed by atoms with Gasteiger partial charge in [0, 0.05) is 36.0 Å². The summed E-state index contributed by atoms with van der Waals surface area (Å²) in [7, 11) is 1.62. The van der Waals surface area contributed by atoms with Crippen molar-refractivity contribution in [1.29, 1.82) is 0 Å². The van der Waals surface area contributed by atoms with Gasteiger partial charge in [0.05, 0.1) is 5.56 Å². The van der Waals surface area contributed by atoms with Crippen LogP contribution in [0.2, 0.25) is 0 Å². The van der Waals surface area contributed by atoms with Crippen molar-refractivity contribution in [3.8, 4) is 0 Å². The quantitative estimate of drug-likeness (QED) is 0.791. The lowest BCUT2D eigenvalue weighted by Crippen LogP contribution is -2.33. The molecule has 0 aliphatic heterocycles. The van der Waals surface area contributed by atoms with Gasteiger partial charge in [0.1, 0.15) is 6.54 Å². The maximum Gasteiger partial charge on any atom is 0.405 e. The van der Waals surface area contributed by atoms with Crippen LogP contribution < -0.4 is 5.32 Å². The number of benzene rings is 1. The van der Waals surface area contributed by atoms with E-state index in [9.17, 15) is 22.8 Å². The molecule has 0 atom stereocenters. The van der Waals surface area contributed by atoms with E-state index in [4.69, 9.17) is 0 Å².